The third-order valence-corrected chi connectivity index (χ3v) is 2.71. The molecule has 114 valence electrons. The summed E-state index contributed by atoms with van der Waals surface area (Å²) in [5, 5.41) is 2.36. The summed E-state index contributed by atoms with van der Waals surface area (Å²) in [6, 6.07) is 5.40. The molecule has 0 radical (unpaired) electrons. The average Bonchev–Trinajstić information content (AvgIpc) is 2.45. The summed E-state index contributed by atoms with van der Waals surface area (Å²) in [5.74, 6) is -2.20. The number of carbonyl (C=O) groups excluding carboxylic acids is 3. The quantitative estimate of drug-likeness (QED) is 0.630. The Labute approximate surface area is 123 Å². The van der Waals surface area contributed by atoms with Gasteiger partial charge in [-0.25, -0.2) is 9.59 Å². The van der Waals surface area contributed by atoms with E-state index in [1.165, 1.54) is 0 Å². The van der Waals surface area contributed by atoms with Crippen LogP contribution in [0.5, 0.6) is 0 Å². The Bertz CT molecular complexity index is 509. The molecule has 0 bridgehead atoms. The first-order valence-electron chi connectivity index (χ1n) is 6.71. The summed E-state index contributed by atoms with van der Waals surface area (Å²) in [6.07, 6.45) is 0. The van der Waals surface area contributed by atoms with Gasteiger partial charge in [0.15, 0.2) is 0 Å². The molecule has 0 aliphatic rings. The first-order chi connectivity index (χ1) is 10.0. The van der Waals surface area contributed by atoms with Crippen LogP contribution in [-0.4, -0.2) is 37.1 Å². The molecule has 0 aliphatic heterocycles. The van der Waals surface area contributed by atoms with Crippen molar-refractivity contribution in [3.05, 3.63) is 35.4 Å². The molecule has 6 heteroatoms. The van der Waals surface area contributed by atoms with Crippen molar-refractivity contribution in [2.24, 2.45) is 0 Å². The van der Waals surface area contributed by atoms with E-state index in [-0.39, 0.29) is 13.2 Å². The van der Waals surface area contributed by atoms with Crippen molar-refractivity contribution in [3.63, 3.8) is 0 Å². The van der Waals surface area contributed by atoms with Crippen LogP contribution in [0.4, 0.5) is 0 Å². The number of benzene rings is 1. The fraction of sp³-hybridized carbons (Fsp3) is 0.400. The van der Waals surface area contributed by atoms with Crippen molar-refractivity contribution in [3.8, 4) is 0 Å². The van der Waals surface area contributed by atoms with E-state index in [0.29, 0.717) is 5.56 Å². The highest BCUT2D eigenvalue weighted by Gasteiger charge is 2.31. The third-order valence-electron chi connectivity index (χ3n) is 2.71. The van der Waals surface area contributed by atoms with Crippen LogP contribution in [-0.2, 0) is 19.1 Å². The van der Waals surface area contributed by atoms with Crippen LogP contribution in [0.15, 0.2) is 24.3 Å². The zero-order chi connectivity index (χ0) is 15.8. The van der Waals surface area contributed by atoms with Gasteiger partial charge in [0.25, 0.3) is 5.91 Å². The number of carbonyl (C=O) groups is 3. The van der Waals surface area contributed by atoms with Crippen LogP contribution in [0.3, 0.4) is 0 Å². The van der Waals surface area contributed by atoms with E-state index in [4.69, 9.17) is 9.47 Å². The van der Waals surface area contributed by atoms with E-state index in [1.807, 2.05) is 0 Å². The molecule has 0 heterocycles. The Morgan fingerprint density at radius 3 is 2.05 bits per heavy atom. The fourth-order valence-corrected chi connectivity index (χ4v) is 1.70. The van der Waals surface area contributed by atoms with Crippen molar-refractivity contribution in [2.45, 2.75) is 26.8 Å². The SMILES string of the molecule is CCOC(=O)C(NC(=O)c1ccccc1C)C(=O)OCC. The number of hydrogen-bond acceptors (Lipinski definition) is 5. The van der Waals surface area contributed by atoms with Crippen LogP contribution in [0.25, 0.3) is 0 Å². The monoisotopic (exact) mass is 293 g/mol. The molecular formula is C15H19NO5. The smallest absolute Gasteiger partial charge is 0.340 e. The van der Waals surface area contributed by atoms with Gasteiger partial charge >= 0.3 is 11.9 Å². The zero-order valence-corrected chi connectivity index (χ0v) is 12.3. The summed E-state index contributed by atoms with van der Waals surface area (Å²) >= 11 is 0. The standard InChI is InChI=1S/C15H19NO5/c1-4-20-14(18)12(15(19)21-5-2)16-13(17)11-9-7-6-8-10(11)3/h6-9,12H,4-5H2,1-3H3,(H,16,17). The van der Waals surface area contributed by atoms with Crippen molar-refractivity contribution >= 4 is 17.8 Å². The summed E-state index contributed by atoms with van der Waals surface area (Å²) in [7, 11) is 0. The van der Waals surface area contributed by atoms with Gasteiger partial charge in [0, 0.05) is 5.56 Å². The van der Waals surface area contributed by atoms with Gasteiger partial charge in [-0.15, -0.1) is 0 Å². The second-order valence-corrected chi connectivity index (χ2v) is 4.23. The number of rotatable bonds is 6. The molecule has 1 N–H and O–H groups in total. The fourth-order valence-electron chi connectivity index (χ4n) is 1.70. The minimum Gasteiger partial charge on any atom is -0.464 e. The van der Waals surface area contributed by atoms with Crippen molar-refractivity contribution in [2.75, 3.05) is 13.2 Å². The molecule has 1 amide bonds. The molecule has 6 nitrogen and oxygen atoms in total. The molecule has 0 aliphatic carbocycles. The molecule has 0 spiro atoms. The van der Waals surface area contributed by atoms with Crippen molar-refractivity contribution < 1.29 is 23.9 Å². The maximum absolute atomic E-state index is 12.2. The molecule has 1 aromatic carbocycles. The molecule has 0 saturated carbocycles. The largest absolute Gasteiger partial charge is 0.464 e. The molecule has 0 unspecified atom stereocenters. The van der Waals surface area contributed by atoms with Crippen LogP contribution in [0, 0.1) is 6.92 Å². The second-order valence-electron chi connectivity index (χ2n) is 4.23. The summed E-state index contributed by atoms with van der Waals surface area (Å²) in [6.45, 7) is 5.20. The average molecular weight is 293 g/mol. The summed E-state index contributed by atoms with van der Waals surface area (Å²) in [4.78, 5) is 35.7. The zero-order valence-electron chi connectivity index (χ0n) is 12.3. The topological polar surface area (TPSA) is 81.7 Å². The predicted octanol–water partition coefficient (Wildman–Crippen LogP) is 1.22. The summed E-state index contributed by atoms with van der Waals surface area (Å²) < 4.78 is 9.57. The number of aryl methyl sites for hydroxylation is 1. The van der Waals surface area contributed by atoms with E-state index in [0.717, 1.165) is 5.56 Å². The molecule has 0 aromatic heterocycles. The van der Waals surface area contributed by atoms with Crippen LogP contribution in [0.2, 0.25) is 0 Å². The third kappa shape index (κ3) is 4.59. The lowest BCUT2D eigenvalue weighted by Gasteiger charge is -2.16. The Kier molecular flexibility index (Phi) is 6.39. The predicted molar refractivity (Wildman–Crippen MR) is 75.7 cm³/mol. The molecule has 0 fully saturated rings. The minimum atomic E-state index is -1.46. The van der Waals surface area contributed by atoms with Gasteiger partial charge in [0.1, 0.15) is 0 Å². The number of nitrogens with one attached hydrogen (secondary N) is 1. The summed E-state index contributed by atoms with van der Waals surface area (Å²) in [5.41, 5.74) is 1.12. The highest BCUT2D eigenvalue weighted by Crippen LogP contribution is 2.07. The lowest BCUT2D eigenvalue weighted by molar-refractivity contribution is -0.157. The highest BCUT2D eigenvalue weighted by atomic mass is 16.6. The van der Waals surface area contributed by atoms with Crippen LogP contribution in [0.1, 0.15) is 29.8 Å². The lowest BCUT2D eigenvalue weighted by atomic mass is 10.1. The lowest BCUT2D eigenvalue weighted by Crippen LogP contribution is -2.48. The molecular weight excluding hydrogens is 274 g/mol. The second kappa shape index (κ2) is 8.04. The number of hydrogen-bond donors (Lipinski definition) is 1. The Morgan fingerprint density at radius 2 is 1.57 bits per heavy atom. The number of esters is 2. The molecule has 1 rings (SSSR count). The van der Waals surface area contributed by atoms with Gasteiger partial charge in [-0.2, -0.15) is 0 Å². The molecule has 0 saturated heterocycles. The van der Waals surface area contributed by atoms with Crippen molar-refractivity contribution in [1.82, 2.24) is 5.32 Å². The van der Waals surface area contributed by atoms with Gasteiger partial charge in [0.05, 0.1) is 13.2 Å². The highest BCUT2D eigenvalue weighted by molar-refractivity contribution is 6.06. The van der Waals surface area contributed by atoms with Gasteiger partial charge in [0.2, 0.25) is 6.04 Å². The van der Waals surface area contributed by atoms with Gasteiger partial charge in [-0.1, -0.05) is 18.2 Å². The van der Waals surface area contributed by atoms with Crippen molar-refractivity contribution in [1.29, 1.82) is 0 Å². The van der Waals surface area contributed by atoms with E-state index in [9.17, 15) is 14.4 Å². The Balaban J connectivity index is 2.90. The number of ether oxygens (including phenoxy) is 2. The van der Waals surface area contributed by atoms with Gasteiger partial charge < -0.3 is 14.8 Å². The normalized spacial score (nSPS) is 10.1. The number of amides is 1. The molecule has 0 atom stereocenters. The van der Waals surface area contributed by atoms with Gasteiger partial charge in [-0.3, -0.25) is 4.79 Å². The van der Waals surface area contributed by atoms with Gasteiger partial charge in [-0.05, 0) is 32.4 Å². The first kappa shape index (κ1) is 16.7. The van der Waals surface area contributed by atoms with Crippen LogP contribution < -0.4 is 5.32 Å². The Hall–Kier alpha value is -2.37. The molecule has 1 aromatic rings. The first-order valence-corrected chi connectivity index (χ1v) is 6.71. The minimum absolute atomic E-state index is 0.106. The van der Waals surface area contributed by atoms with E-state index < -0.39 is 23.9 Å². The molecule has 21 heavy (non-hydrogen) atoms. The Morgan fingerprint density at radius 1 is 1.05 bits per heavy atom. The maximum Gasteiger partial charge on any atom is 0.340 e. The maximum atomic E-state index is 12.2. The van der Waals surface area contributed by atoms with Crippen LogP contribution >= 0.6 is 0 Å². The van der Waals surface area contributed by atoms with E-state index in [2.05, 4.69) is 5.32 Å². The van der Waals surface area contributed by atoms with E-state index in [1.54, 1.807) is 45.0 Å². The van der Waals surface area contributed by atoms with E-state index >= 15 is 0 Å².